The third-order valence-corrected chi connectivity index (χ3v) is 6.00. The lowest BCUT2D eigenvalue weighted by Crippen LogP contribution is -2.48. The van der Waals surface area contributed by atoms with Crippen molar-refractivity contribution in [2.45, 2.75) is 36.6 Å². The summed E-state index contributed by atoms with van der Waals surface area (Å²) in [5.41, 5.74) is 0.136. The number of aliphatic hydroxyl groups is 3. The zero-order valence-electron chi connectivity index (χ0n) is 16.9. The maximum absolute atomic E-state index is 10.9. The van der Waals surface area contributed by atoms with E-state index in [4.69, 9.17) is 11.6 Å². The second-order valence-corrected chi connectivity index (χ2v) is 8.21. The smallest absolute Gasteiger partial charge is 0.225 e. The van der Waals surface area contributed by atoms with Crippen LogP contribution in [0.15, 0.2) is 17.2 Å². The molecule has 1 saturated carbocycles. The molecule has 0 spiro atoms. The molecule has 0 aromatic carbocycles. The monoisotopic (exact) mass is 449 g/mol. The molecule has 2 aromatic rings. The molecular weight excluding hydrogens is 426 g/mol. The quantitative estimate of drug-likeness (QED) is 0.201. The molecule has 30 heavy (non-hydrogen) atoms. The molecule has 1 aliphatic carbocycles. The van der Waals surface area contributed by atoms with Gasteiger partial charge in [-0.15, -0.1) is 11.8 Å². The Morgan fingerprint density at radius 2 is 2.07 bits per heavy atom. The van der Waals surface area contributed by atoms with Gasteiger partial charge in [0.05, 0.1) is 10.7 Å². The molecule has 1 aliphatic rings. The summed E-state index contributed by atoms with van der Waals surface area (Å²) in [6.45, 7) is 1.65. The van der Waals surface area contributed by atoms with E-state index in [-0.39, 0.29) is 35.5 Å². The topological polar surface area (TPSA) is 123 Å². The van der Waals surface area contributed by atoms with Crippen LogP contribution in [0.1, 0.15) is 29.7 Å². The van der Waals surface area contributed by atoms with Crippen LogP contribution in [0.2, 0.25) is 5.15 Å². The minimum Gasteiger partial charge on any atom is -0.396 e. The van der Waals surface area contributed by atoms with E-state index in [0.717, 1.165) is 16.3 Å². The molecule has 2 aromatic heterocycles. The standard InChI is InChI=1S/C20H24ClN5O3S/c1-11-12(5-7-15(23-11)30-3)4-6-14-17(21)24-19(22-2)25-18(14)26-20(29)9-8-13(10-27)16(20)28/h5,7,13,16,27-29H,8-10H2,1-3H3,(H2,22,24,25,26). The van der Waals surface area contributed by atoms with Gasteiger partial charge in [0.1, 0.15) is 11.7 Å². The number of nitrogens with one attached hydrogen (secondary N) is 2. The van der Waals surface area contributed by atoms with Gasteiger partial charge in [0.2, 0.25) is 5.95 Å². The molecule has 5 N–H and O–H groups in total. The number of aromatic nitrogens is 3. The number of hydrogen-bond acceptors (Lipinski definition) is 9. The van der Waals surface area contributed by atoms with E-state index < -0.39 is 17.7 Å². The van der Waals surface area contributed by atoms with Gasteiger partial charge in [-0.3, -0.25) is 0 Å². The predicted molar refractivity (Wildman–Crippen MR) is 118 cm³/mol. The minimum atomic E-state index is -1.66. The van der Waals surface area contributed by atoms with E-state index in [0.29, 0.717) is 6.42 Å². The van der Waals surface area contributed by atoms with Crippen LogP contribution < -0.4 is 10.6 Å². The lowest BCUT2D eigenvalue weighted by atomic mass is 10.0. The molecule has 3 rings (SSSR count). The van der Waals surface area contributed by atoms with Gasteiger partial charge in [-0.2, -0.15) is 9.97 Å². The summed E-state index contributed by atoms with van der Waals surface area (Å²) in [5.74, 6) is 6.01. The molecule has 0 aliphatic heterocycles. The number of nitrogens with zero attached hydrogens (tertiary/aromatic N) is 3. The average Bonchev–Trinajstić information content (AvgIpc) is 3.01. The molecule has 0 saturated heterocycles. The van der Waals surface area contributed by atoms with Gasteiger partial charge in [0.25, 0.3) is 0 Å². The molecule has 160 valence electrons. The summed E-state index contributed by atoms with van der Waals surface area (Å²) in [6.07, 6.45) is 1.49. The Labute approximate surface area is 184 Å². The van der Waals surface area contributed by atoms with Crippen molar-refractivity contribution in [3.8, 4) is 11.8 Å². The maximum Gasteiger partial charge on any atom is 0.225 e. The SMILES string of the molecule is CNc1nc(Cl)c(C#Cc2ccc(SC)nc2C)c(NC2(O)CCC(CO)C2O)n1. The number of thioether (sulfide) groups is 1. The number of halogens is 1. The van der Waals surface area contributed by atoms with Gasteiger partial charge in [-0.05, 0) is 38.2 Å². The zero-order chi connectivity index (χ0) is 21.9. The first-order valence-electron chi connectivity index (χ1n) is 9.39. The van der Waals surface area contributed by atoms with E-state index in [9.17, 15) is 15.3 Å². The van der Waals surface area contributed by atoms with Crippen molar-refractivity contribution < 1.29 is 15.3 Å². The van der Waals surface area contributed by atoms with Crippen molar-refractivity contribution in [1.29, 1.82) is 0 Å². The highest BCUT2D eigenvalue weighted by molar-refractivity contribution is 7.98. The van der Waals surface area contributed by atoms with Crippen LogP contribution in [-0.4, -0.2) is 62.0 Å². The van der Waals surface area contributed by atoms with Crippen molar-refractivity contribution in [3.05, 3.63) is 34.1 Å². The van der Waals surface area contributed by atoms with E-state index in [2.05, 4.69) is 37.4 Å². The average molecular weight is 450 g/mol. The number of pyridine rings is 1. The van der Waals surface area contributed by atoms with Gasteiger partial charge >= 0.3 is 0 Å². The van der Waals surface area contributed by atoms with Gasteiger partial charge in [0, 0.05) is 25.1 Å². The molecule has 1 fully saturated rings. The van der Waals surface area contributed by atoms with Crippen LogP contribution in [0.3, 0.4) is 0 Å². The Bertz CT molecular complexity index is 996. The molecule has 2 heterocycles. The Hall–Kier alpha value is -2.09. The number of aliphatic hydroxyl groups excluding tert-OH is 2. The summed E-state index contributed by atoms with van der Waals surface area (Å²) in [5, 5.41) is 37.5. The molecule has 10 heteroatoms. The summed E-state index contributed by atoms with van der Waals surface area (Å²) in [7, 11) is 1.64. The van der Waals surface area contributed by atoms with Gasteiger partial charge in [0.15, 0.2) is 16.7 Å². The summed E-state index contributed by atoms with van der Waals surface area (Å²) >= 11 is 7.90. The van der Waals surface area contributed by atoms with Crippen LogP contribution in [-0.2, 0) is 0 Å². The van der Waals surface area contributed by atoms with Crippen LogP contribution in [0.5, 0.6) is 0 Å². The highest BCUT2D eigenvalue weighted by Crippen LogP contribution is 2.36. The van der Waals surface area contributed by atoms with E-state index in [1.54, 1.807) is 18.8 Å². The lowest BCUT2D eigenvalue weighted by molar-refractivity contribution is -0.0545. The highest BCUT2D eigenvalue weighted by Gasteiger charge is 2.47. The molecule has 3 atom stereocenters. The van der Waals surface area contributed by atoms with E-state index in [1.165, 1.54) is 0 Å². The Morgan fingerprint density at radius 3 is 2.67 bits per heavy atom. The number of aryl methyl sites for hydroxylation is 1. The third-order valence-electron chi connectivity index (χ3n) is 5.08. The third kappa shape index (κ3) is 4.63. The predicted octanol–water partition coefficient (Wildman–Crippen LogP) is 1.86. The molecule has 0 amide bonds. The normalized spacial score (nSPS) is 23.0. The van der Waals surface area contributed by atoms with Gasteiger partial charge in [-0.1, -0.05) is 23.4 Å². The van der Waals surface area contributed by atoms with Crippen molar-refractivity contribution in [2.24, 2.45) is 5.92 Å². The summed E-state index contributed by atoms with van der Waals surface area (Å²) in [4.78, 5) is 13.0. The van der Waals surface area contributed by atoms with Gasteiger partial charge < -0.3 is 26.0 Å². The van der Waals surface area contributed by atoms with Crippen LogP contribution in [0.25, 0.3) is 0 Å². The molecule has 3 unspecified atom stereocenters. The second-order valence-electron chi connectivity index (χ2n) is 7.02. The number of anilines is 2. The fourth-order valence-corrected chi connectivity index (χ4v) is 3.94. The lowest BCUT2D eigenvalue weighted by Gasteiger charge is -2.30. The fourth-order valence-electron chi connectivity index (χ4n) is 3.29. The van der Waals surface area contributed by atoms with Crippen molar-refractivity contribution in [1.82, 2.24) is 15.0 Å². The van der Waals surface area contributed by atoms with Crippen LogP contribution >= 0.6 is 23.4 Å². The fraction of sp³-hybridized carbons (Fsp3) is 0.450. The summed E-state index contributed by atoms with van der Waals surface area (Å²) < 4.78 is 0. The van der Waals surface area contributed by atoms with Gasteiger partial charge in [-0.25, -0.2) is 4.98 Å². The first kappa shape index (κ1) is 22.6. The van der Waals surface area contributed by atoms with Crippen molar-refractivity contribution in [2.75, 3.05) is 30.5 Å². The first-order chi connectivity index (χ1) is 14.3. The second kappa shape index (κ2) is 9.37. The first-order valence-corrected chi connectivity index (χ1v) is 11.0. The number of hydrogen-bond donors (Lipinski definition) is 5. The Morgan fingerprint density at radius 1 is 1.30 bits per heavy atom. The van der Waals surface area contributed by atoms with E-state index in [1.807, 2.05) is 25.3 Å². The largest absolute Gasteiger partial charge is 0.396 e. The molecular formula is C20H24ClN5O3S. The Balaban J connectivity index is 2.00. The maximum atomic E-state index is 10.9. The zero-order valence-corrected chi connectivity index (χ0v) is 18.5. The number of rotatable bonds is 5. The minimum absolute atomic E-state index is 0.102. The molecule has 0 bridgehead atoms. The summed E-state index contributed by atoms with van der Waals surface area (Å²) in [6, 6.07) is 3.76. The highest BCUT2D eigenvalue weighted by atomic mass is 35.5. The van der Waals surface area contributed by atoms with Crippen molar-refractivity contribution in [3.63, 3.8) is 0 Å². The van der Waals surface area contributed by atoms with Crippen LogP contribution in [0.4, 0.5) is 11.8 Å². The molecule has 0 radical (unpaired) electrons. The van der Waals surface area contributed by atoms with Crippen LogP contribution in [0, 0.1) is 24.7 Å². The van der Waals surface area contributed by atoms with Crippen molar-refractivity contribution >= 4 is 35.1 Å². The Kier molecular flexibility index (Phi) is 7.06. The molecule has 8 nitrogen and oxygen atoms in total. The van der Waals surface area contributed by atoms with E-state index >= 15 is 0 Å².